The minimum Gasteiger partial charge on any atom is -0.493 e. The molecule has 30 heavy (non-hydrogen) atoms. The molecule has 1 aliphatic rings. The lowest BCUT2D eigenvalue weighted by Gasteiger charge is -2.13. The Labute approximate surface area is 182 Å². The molecule has 158 valence electrons. The third-order valence-corrected chi connectivity index (χ3v) is 6.07. The van der Waals surface area contributed by atoms with Crippen molar-refractivity contribution in [3.05, 3.63) is 39.2 Å². The summed E-state index contributed by atoms with van der Waals surface area (Å²) < 4.78 is 10.4. The van der Waals surface area contributed by atoms with Gasteiger partial charge in [0, 0.05) is 11.9 Å². The molecule has 3 rings (SSSR count). The number of amidine groups is 1. The maximum absolute atomic E-state index is 13.0. The number of ether oxygens (including phenoxy) is 2. The first-order chi connectivity index (χ1) is 14.4. The van der Waals surface area contributed by atoms with Crippen LogP contribution in [0.25, 0.3) is 6.08 Å². The second kappa shape index (κ2) is 9.31. The normalized spacial score (nSPS) is 16.5. The van der Waals surface area contributed by atoms with E-state index in [1.165, 1.54) is 37.3 Å². The quantitative estimate of drug-likeness (QED) is 0.635. The number of carboxylic acids is 1. The van der Waals surface area contributed by atoms with Crippen molar-refractivity contribution in [1.82, 2.24) is 9.88 Å². The first-order valence-electron chi connectivity index (χ1n) is 9.10. The lowest BCUT2D eigenvalue weighted by Crippen LogP contribution is -2.29. The number of benzene rings is 1. The molecule has 2 heterocycles. The highest BCUT2D eigenvalue weighted by atomic mass is 32.2. The van der Waals surface area contributed by atoms with Crippen LogP contribution >= 0.6 is 23.1 Å². The maximum atomic E-state index is 13.0. The first-order valence-corrected chi connectivity index (χ1v) is 10.8. The van der Waals surface area contributed by atoms with Crippen molar-refractivity contribution in [2.75, 3.05) is 20.8 Å². The summed E-state index contributed by atoms with van der Waals surface area (Å²) >= 11 is 2.60. The van der Waals surface area contributed by atoms with Crippen LogP contribution in [0, 0.1) is 6.92 Å². The Kier molecular flexibility index (Phi) is 6.78. The zero-order valence-corrected chi connectivity index (χ0v) is 18.6. The van der Waals surface area contributed by atoms with Crippen LogP contribution in [0.4, 0.5) is 5.13 Å². The standard InChI is InChI=1S/C20H21N3O5S2/c1-5-8-23-17(24)14(30-20(23)22-19-21-11(2)10-29-19)9-12-6-7-13(27-3)16(28-4)15(12)18(25)26/h6-7,9-10H,5,8H2,1-4H3,(H,25,26)/b14-9+,22-20+. The topological polar surface area (TPSA) is 101 Å². The van der Waals surface area contributed by atoms with Crippen LogP contribution in [-0.4, -0.2) is 52.8 Å². The molecule has 0 radical (unpaired) electrons. The van der Waals surface area contributed by atoms with Crippen molar-refractivity contribution >= 4 is 51.4 Å². The van der Waals surface area contributed by atoms with E-state index in [-0.39, 0.29) is 17.2 Å². The zero-order chi connectivity index (χ0) is 21.8. The molecule has 0 unspecified atom stereocenters. The third-order valence-electron chi connectivity index (χ3n) is 4.21. The van der Waals surface area contributed by atoms with E-state index >= 15 is 0 Å². The van der Waals surface area contributed by atoms with E-state index < -0.39 is 5.97 Å². The number of hydrogen-bond acceptors (Lipinski definition) is 8. The molecular weight excluding hydrogens is 426 g/mol. The zero-order valence-electron chi connectivity index (χ0n) is 17.0. The molecule has 2 aromatic rings. The van der Waals surface area contributed by atoms with Crippen LogP contribution in [0.3, 0.4) is 0 Å². The summed E-state index contributed by atoms with van der Waals surface area (Å²) in [4.78, 5) is 35.7. The average molecular weight is 448 g/mol. The fourth-order valence-corrected chi connectivity index (χ4v) is 4.63. The lowest BCUT2D eigenvalue weighted by atomic mass is 10.0. The minimum absolute atomic E-state index is 0.0688. The summed E-state index contributed by atoms with van der Waals surface area (Å²) in [5.41, 5.74) is 1.14. The number of nitrogens with zero attached hydrogens (tertiary/aromatic N) is 3. The molecule has 1 N–H and O–H groups in total. The smallest absolute Gasteiger partial charge is 0.340 e. The van der Waals surface area contributed by atoms with Crippen LogP contribution in [0.5, 0.6) is 11.5 Å². The van der Waals surface area contributed by atoms with Gasteiger partial charge in [-0.05, 0) is 42.8 Å². The average Bonchev–Trinajstić information content (AvgIpc) is 3.25. The van der Waals surface area contributed by atoms with Crippen LogP contribution in [0.1, 0.15) is 35.0 Å². The van der Waals surface area contributed by atoms with E-state index in [0.717, 1.165) is 12.1 Å². The summed E-state index contributed by atoms with van der Waals surface area (Å²) in [7, 11) is 2.81. The highest BCUT2D eigenvalue weighted by molar-refractivity contribution is 8.18. The second-order valence-electron chi connectivity index (χ2n) is 6.30. The van der Waals surface area contributed by atoms with Crippen molar-refractivity contribution in [3.63, 3.8) is 0 Å². The largest absolute Gasteiger partial charge is 0.493 e. The van der Waals surface area contributed by atoms with Crippen LogP contribution in [0.2, 0.25) is 0 Å². The van der Waals surface area contributed by atoms with Gasteiger partial charge in [0.1, 0.15) is 5.56 Å². The highest BCUT2D eigenvalue weighted by Gasteiger charge is 2.33. The van der Waals surface area contributed by atoms with Crippen molar-refractivity contribution in [1.29, 1.82) is 0 Å². The summed E-state index contributed by atoms with van der Waals surface area (Å²) in [6.45, 7) is 4.36. The number of carbonyl (C=O) groups excluding carboxylic acids is 1. The Balaban J connectivity index is 2.06. The molecule has 0 bridgehead atoms. The Morgan fingerprint density at radius 2 is 2.10 bits per heavy atom. The molecule has 0 spiro atoms. The van der Waals surface area contributed by atoms with Gasteiger partial charge >= 0.3 is 5.97 Å². The van der Waals surface area contributed by atoms with Gasteiger partial charge in [0.2, 0.25) is 5.13 Å². The fraction of sp³-hybridized carbons (Fsp3) is 0.300. The van der Waals surface area contributed by atoms with Crippen LogP contribution in [0.15, 0.2) is 27.4 Å². The molecule has 1 fully saturated rings. The molecule has 8 nitrogen and oxygen atoms in total. The Morgan fingerprint density at radius 3 is 2.67 bits per heavy atom. The van der Waals surface area contributed by atoms with Gasteiger partial charge in [-0.25, -0.2) is 9.78 Å². The number of thiazole rings is 1. The number of carbonyl (C=O) groups is 2. The van der Waals surface area contributed by atoms with Crippen LogP contribution < -0.4 is 9.47 Å². The van der Waals surface area contributed by atoms with Gasteiger partial charge in [-0.2, -0.15) is 4.99 Å². The molecule has 1 amide bonds. The van der Waals surface area contributed by atoms with Gasteiger partial charge in [0.05, 0.1) is 24.8 Å². The monoisotopic (exact) mass is 447 g/mol. The lowest BCUT2D eigenvalue weighted by molar-refractivity contribution is -0.122. The predicted molar refractivity (Wildman–Crippen MR) is 118 cm³/mol. The third kappa shape index (κ3) is 4.34. The van der Waals surface area contributed by atoms with E-state index in [1.807, 2.05) is 19.2 Å². The molecular formula is C20H21N3O5S2. The van der Waals surface area contributed by atoms with Crippen molar-refractivity contribution < 1.29 is 24.2 Å². The van der Waals surface area contributed by atoms with Crippen molar-refractivity contribution in [2.45, 2.75) is 20.3 Å². The second-order valence-corrected chi connectivity index (χ2v) is 8.15. The number of hydrogen-bond donors (Lipinski definition) is 1. The number of aryl methyl sites for hydroxylation is 1. The molecule has 10 heteroatoms. The van der Waals surface area contributed by atoms with E-state index in [2.05, 4.69) is 9.98 Å². The van der Waals surface area contributed by atoms with Gasteiger partial charge in [0.15, 0.2) is 16.7 Å². The molecule has 1 aliphatic heterocycles. The van der Waals surface area contributed by atoms with Gasteiger partial charge in [-0.3, -0.25) is 9.69 Å². The highest BCUT2D eigenvalue weighted by Crippen LogP contribution is 2.38. The fourth-order valence-electron chi connectivity index (χ4n) is 2.91. The Bertz CT molecular complexity index is 1050. The van der Waals surface area contributed by atoms with E-state index in [4.69, 9.17) is 9.47 Å². The van der Waals surface area contributed by atoms with E-state index in [1.54, 1.807) is 23.1 Å². The minimum atomic E-state index is -1.18. The molecule has 0 atom stereocenters. The SMILES string of the molecule is CCCN1C(=O)/C(=C\c2ccc(OC)c(OC)c2C(=O)O)S/C1=N/c1nc(C)cs1. The predicted octanol–water partition coefficient (Wildman–Crippen LogP) is 4.18. The number of aliphatic imine (C=N–C) groups is 1. The van der Waals surface area contributed by atoms with Gasteiger partial charge in [0.25, 0.3) is 5.91 Å². The number of carboxylic acid groups (broad SMARTS) is 1. The summed E-state index contributed by atoms with van der Waals surface area (Å²) in [5, 5.41) is 12.7. The van der Waals surface area contributed by atoms with Crippen molar-refractivity contribution in [2.24, 2.45) is 4.99 Å². The van der Waals surface area contributed by atoms with E-state index in [9.17, 15) is 14.7 Å². The Morgan fingerprint density at radius 1 is 1.33 bits per heavy atom. The van der Waals surface area contributed by atoms with Gasteiger partial charge in [-0.15, -0.1) is 11.3 Å². The summed E-state index contributed by atoms with van der Waals surface area (Å²) in [6, 6.07) is 3.20. The number of methoxy groups -OCH3 is 2. The van der Waals surface area contributed by atoms with Crippen molar-refractivity contribution in [3.8, 4) is 11.5 Å². The van der Waals surface area contributed by atoms with Gasteiger partial charge < -0.3 is 14.6 Å². The Hall–Kier alpha value is -2.85. The first kappa shape index (κ1) is 21.8. The molecule has 0 aliphatic carbocycles. The number of amides is 1. The number of rotatable bonds is 7. The number of thioether (sulfide) groups is 1. The van der Waals surface area contributed by atoms with Gasteiger partial charge in [-0.1, -0.05) is 13.0 Å². The molecule has 1 aromatic carbocycles. The number of aromatic nitrogens is 1. The maximum Gasteiger partial charge on any atom is 0.340 e. The van der Waals surface area contributed by atoms with Crippen LogP contribution in [-0.2, 0) is 4.79 Å². The summed E-state index contributed by atoms with van der Waals surface area (Å²) in [5.74, 6) is -0.991. The van der Waals surface area contributed by atoms with E-state index in [0.29, 0.717) is 33.1 Å². The molecule has 0 saturated carbocycles. The summed E-state index contributed by atoms with van der Waals surface area (Å²) in [6.07, 6.45) is 2.31. The number of aromatic carboxylic acids is 1. The molecule has 1 aromatic heterocycles. The molecule has 1 saturated heterocycles.